The summed E-state index contributed by atoms with van der Waals surface area (Å²) in [6.45, 7) is -0.255. The first-order valence-electron chi connectivity index (χ1n) is 8.51. The molecule has 0 amide bonds. The second-order valence-electron chi connectivity index (χ2n) is 8.18. The number of ether oxygens (including phenoxy) is 1. The Balaban J connectivity index is 1.33. The second kappa shape index (κ2) is 4.22. The van der Waals surface area contributed by atoms with Gasteiger partial charge in [-0.15, -0.1) is 0 Å². The molecule has 6 heteroatoms. The summed E-state index contributed by atoms with van der Waals surface area (Å²) < 4.78 is 35.5. The second-order valence-corrected chi connectivity index (χ2v) is 9.75. The molecule has 0 aromatic heterocycles. The molecular formula is C18H20O5S. The first kappa shape index (κ1) is 14.9. The van der Waals surface area contributed by atoms with Gasteiger partial charge in [-0.05, 0) is 53.9 Å². The number of hydrogen-bond acceptors (Lipinski definition) is 4. The Labute approximate surface area is 141 Å². The van der Waals surface area contributed by atoms with Gasteiger partial charge >= 0.3 is 5.97 Å². The lowest BCUT2D eigenvalue weighted by Crippen LogP contribution is -2.63. The van der Waals surface area contributed by atoms with E-state index in [0.29, 0.717) is 11.8 Å². The highest BCUT2D eigenvalue weighted by Gasteiger charge is 2.93. The molecule has 4 aliphatic rings. The third kappa shape index (κ3) is 1.59. The minimum atomic E-state index is -4.09. The van der Waals surface area contributed by atoms with E-state index in [9.17, 15) is 13.2 Å². The van der Waals surface area contributed by atoms with Crippen LogP contribution in [0.2, 0.25) is 0 Å². The fourth-order valence-electron chi connectivity index (χ4n) is 6.66. The van der Waals surface area contributed by atoms with Crippen LogP contribution in [0.1, 0.15) is 31.2 Å². The average molecular weight is 348 g/mol. The molecule has 4 saturated carbocycles. The van der Waals surface area contributed by atoms with E-state index in [-0.39, 0.29) is 28.8 Å². The molecule has 0 aliphatic heterocycles. The van der Waals surface area contributed by atoms with Crippen LogP contribution in [0.25, 0.3) is 0 Å². The van der Waals surface area contributed by atoms with Crippen LogP contribution in [-0.2, 0) is 25.1 Å². The lowest BCUT2D eigenvalue weighted by molar-refractivity contribution is -0.153. The summed E-state index contributed by atoms with van der Waals surface area (Å²) in [7, 11) is -4.09. The smallest absolute Gasteiger partial charge is 0.312 e. The fourth-order valence-corrected chi connectivity index (χ4v) is 6.95. The van der Waals surface area contributed by atoms with E-state index in [2.05, 4.69) is 24.3 Å². The number of rotatable bonds is 5. The highest BCUT2D eigenvalue weighted by atomic mass is 32.2. The van der Waals surface area contributed by atoms with Gasteiger partial charge in [0.15, 0.2) is 0 Å². The average Bonchev–Trinajstić information content (AvgIpc) is 3.11. The molecule has 0 heterocycles. The molecule has 0 saturated heterocycles. The Bertz CT molecular complexity index is 834. The molecule has 0 radical (unpaired) electrons. The fraction of sp³-hybridized carbons (Fsp3) is 0.611. The topological polar surface area (TPSA) is 80.7 Å². The van der Waals surface area contributed by atoms with Crippen LogP contribution in [0.15, 0.2) is 30.3 Å². The molecule has 4 aliphatic carbocycles. The summed E-state index contributed by atoms with van der Waals surface area (Å²) in [5.41, 5.74) is 1.38. The number of hydrogen-bond donors (Lipinski definition) is 1. The van der Waals surface area contributed by atoms with Crippen molar-refractivity contribution >= 4 is 16.1 Å². The van der Waals surface area contributed by atoms with Crippen LogP contribution in [0.3, 0.4) is 0 Å². The standard InChI is InChI=1S/C18H20O5S/c19-15(23-6-7-24(20,21)22)17-9-12-8-16(13-4-2-1-3-5-13)10-18(17,11-17)14(12)16/h1-5,12,14H,6-11H2,(H,20,21,22). The van der Waals surface area contributed by atoms with Crippen LogP contribution in [0.4, 0.5) is 0 Å². The highest BCUT2D eigenvalue weighted by Crippen LogP contribution is 2.95. The van der Waals surface area contributed by atoms with Gasteiger partial charge in [0.2, 0.25) is 0 Å². The third-order valence-electron chi connectivity index (χ3n) is 7.29. The predicted molar refractivity (Wildman–Crippen MR) is 85.8 cm³/mol. The molecule has 5 nitrogen and oxygen atoms in total. The van der Waals surface area contributed by atoms with Crippen molar-refractivity contribution in [1.29, 1.82) is 0 Å². The normalized spacial score (nSPS) is 43.9. The van der Waals surface area contributed by atoms with Gasteiger partial charge in [0, 0.05) is 0 Å². The third-order valence-corrected chi connectivity index (χ3v) is 7.97. The van der Waals surface area contributed by atoms with Gasteiger partial charge < -0.3 is 4.74 Å². The molecule has 128 valence electrons. The summed E-state index contributed by atoms with van der Waals surface area (Å²) in [6, 6.07) is 10.6. The molecular weight excluding hydrogens is 328 g/mol. The van der Waals surface area contributed by atoms with Gasteiger partial charge in [-0.25, -0.2) is 0 Å². The van der Waals surface area contributed by atoms with Gasteiger partial charge in [0.05, 0.1) is 5.41 Å². The van der Waals surface area contributed by atoms with Crippen LogP contribution in [-0.4, -0.2) is 31.3 Å². The number of benzene rings is 1. The van der Waals surface area contributed by atoms with E-state index in [1.165, 1.54) is 5.56 Å². The Morgan fingerprint density at radius 2 is 1.96 bits per heavy atom. The summed E-state index contributed by atoms with van der Waals surface area (Å²) in [6.07, 6.45) is 3.99. The number of carbonyl (C=O) groups excluding carboxylic acids is 1. The largest absolute Gasteiger partial charge is 0.464 e. The zero-order valence-electron chi connectivity index (χ0n) is 13.3. The van der Waals surface area contributed by atoms with Crippen LogP contribution in [0, 0.1) is 22.7 Å². The van der Waals surface area contributed by atoms with Crippen LogP contribution in [0.5, 0.6) is 0 Å². The van der Waals surface area contributed by atoms with Gasteiger partial charge in [-0.3, -0.25) is 9.35 Å². The van der Waals surface area contributed by atoms with Crippen molar-refractivity contribution in [2.45, 2.75) is 31.1 Å². The van der Waals surface area contributed by atoms with E-state index < -0.39 is 15.9 Å². The van der Waals surface area contributed by atoms with Crippen molar-refractivity contribution in [3.63, 3.8) is 0 Å². The molecule has 5 unspecified atom stereocenters. The van der Waals surface area contributed by atoms with E-state index in [1.54, 1.807) is 0 Å². The van der Waals surface area contributed by atoms with E-state index >= 15 is 0 Å². The first-order valence-corrected chi connectivity index (χ1v) is 10.1. The highest BCUT2D eigenvalue weighted by molar-refractivity contribution is 7.85. The molecule has 1 aromatic rings. The molecule has 4 fully saturated rings. The Kier molecular flexibility index (Phi) is 2.62. The zero-order valence-corrected chi connectivity index (χ0v) is 14.1. The van der Waals surface area contributed by atoms with Crippen molar-refractivity contribution in [1.82, 2.24) is 0 Å². The maximum absolute atomic E-state index is 12.6. The minimum absolute atomic E-state index is 0.0981. The SMILES string of the molecule is O=C(OCCS(=O)(=O)O)C12CC3CC4(c5ccccc5)CC1(C2)C34. The Morgan fingerprint density at radius 3 is 2.67 bits per heavy atom. The lowest BCUT2D eigenvalue weighted by Gasteiger charge is -2.67. The van der Waals surface area contributed by atoms with Crippen molar-refractivity contribution in [3.8, 4) is 0 Å². The quantitative estimate of drug-likeness (QED) is 0.651. The molecule has 24 heavy (non-hydrogen) atoms. The molecule has 5 rings (SSSR count). The van der Waals surface area contributed by atoms with Gasteiger partial charge in [0.25, 0.3) is 10.1 Å². The van der Waals surface area contributed by atoms with Gasteiger partial charge in [-0.1, -0.05) is 30.3 Å². The van der Waals surface area contributed by atoms with Crippen molar-refractivity contribution < 1.29 is 22.5 Å². The van der Waals surface area contributed by atoms with Crippen molar-refractivity contribution in [2.75, 3.05) is 12.4 Å². The van der Waals surface area contributed by atoms with Crippen molar-refractivity contribution in [2.24, 2.45) is 22.7 Å². The summed E-state index contributed by atoms with van der Waals surface area (Å²) >= 11 is 0. The molecule has 5 atom stereocenters. The van der Waals surface area contributed by atoms with E-state index in [4.69, 9.17) is 9.29 Å². The summed E-state index contributed by atoms with van der Waals surface area (Å²) in [5.74, 6) is 0.411. The molecule has 1 spiro atoms. The number of carbonyl (C=O) groups is 1. The predicted octanol–water partition coefficient (Wildman–Crippen LogP) is 2.18. The monoisotopic (exact) mass is 348 g/mol. The van der Waals surface area contributed by atoms with E-state index in [0.717, 1.165) is 25.7 Å². The zero-order chi connectivity index (χ0) is 16.8. The Hall–Kier alpha value is -1.40. The Morgan fingerprint density at radius 1 is 1.21 bits per heavy atom. The minimum Gasteiger partial charge on any atom is -0.464 e. The first-order chi connectivity index (χ1) is 11.3. The molecule has 1 N–H and O–H groups in total. The van der Waals surface area contributed by atoms with Gasteiger partial charge in [-0.2, -0.15) is 8.42 Å². The van der Waals surface area contributed by atoms with Crippen LogP contribution >= 0.6 is 0 Å². The summed E-state index contributed by atoms with van der Waals surface area (Å²) in [4.78, 5) is 12.6. The maximum atomic E-state index is 12.6. The summed E-state index contributed by atoms with van der Waals surface area (Å²) in [5, 5.41) is 0. The maximum Gasteiger partial charge on any atom is 0.312 e. The van der Waals surface area contributed by atoms with Crippen LogP contribution < -0.4 is 0 Å². The molecule has 0 bridgehead atoms. The van der Waals surface area contributed by atoms with E-state index in [1.807, 2.05) is 6.07 Å². The van der Waals surface area contributed by atoms with Crippen molar-refractivity contribution in [3.05, 3.63) is 35.9 Å². The molecule has 1 aromatic carbocycles. The lowest BCUT2D eigenvalue weighted by atomic mass is 9.37. The number of esters is 1. The van der Waals surface area contributed by atoms with Gasteiger partial charge in [0.1, 0.15) is 12.4 Å².